The number of nitrogens with one attached hydrogen (secondary N) is 1. The zero-order chi connectivity index (χ0) is 17.1. The molecule has 2 unspecified atom stereocenters. The third-order valence-corrected chi connectivity index (χ3v) is 4.95. The van der Waals surface area contributed by atoms with Crippen molar-refractivity contribution in [3.8, 4) is 16.9 Å². The number of hydrogen-bond acceptors (Lipinski definition) is 3. The third kappa shape index (κ3) is 3.43. The molecule has 4 heteroatoms. The predicted molar refractivity (Wildman–Crippen MR) is 97.3 cm³/mol. The summed E-state index contributed by atoms with van der Waals surface area (Å²) in [5, 5.41) is 3.08. The van der Waals surface area contributed by atoms with Gasteiger partial charge in [0.25, 0.3) is 0 Å². The van der Waals surface area contributed by atoms with Gasteiger partial charge in [-0.25, -0.2) is 0 Å². The monoisotopic (exact) mass is 334 g/mol. The molecule has 1 N–H and O–H groups in total. The van der Waals surface area contributed by atoms with E-state index in [0.29, 0.717) is 6.54 Å². The molecule has 0 bridgehead atoms. The van der Waals surface area contributed by atoms with Gasteiger partial charge >= 0.3 is 0 Å². The highest BCUT2D eigenvalue weighted by Gasteiger charge is 2.27. The van der Waals surface area contributed by atoms with Crippen LogP contribution < -0.4 is 10.1 Å². The molecule has 0 radical (unpaired) electrons. The molecule has 0 spiro atoms. The van der Waals surface area contributed by atoms with Gasteiger partial charge in [-0.3, -0.25) is 9.78 Å². The minimum Gasteiger partial charge on any atom is -0.487 e. The first-order valence-corrected chi connectivity index (χ1v) is 8.93. The Morgan fingerprint density at radius 2 is 2.20 bits per heavy atom. The molecule has 0 saturated carbocycles. The maximum atomic E-state index is 12.3. The fourth-order valence-electron chi connectivity index (χ4n) is 3.59. The summed E-state index contributed by atoms with van der Waals surface area (Å²) < 4.78 is 6.17. The van der Waals surface area contributed by atoms with Crippen LogP contribution in [0.25, 0.3) is 11.1 Å². The number of fused-ring (bicyclic) bond motifs is 1. The van der Waals surface area contributed by atoms with Crippen molar-refractivity contribution in [1.29, 1.82) is 0 Å². The van der Waals surface area contributed by atoms with Gasteiger partial charge in [0.2, 0.25) is 5.91 Å². The molecule has 1 aromatic carbocycles. The quantitative estimate of drug-likeness (QED) is 0.870. The van der Waals surface area contributed by atoms with Gasteiger partial charge in [-0.1, -0.05) is 36.4 Å². The molecule has 128 valence electrons. The Balaban J connectivity index is 1.41. The summed E-state index contributed by atoms with van der Waals surface area (Å²) in [6, 6.07) is 10.2. The lowest BCUT2D eigenvalue weighted by Gasteiger charge is -2.19. The first kappa shape index (κ1) is 15.9. The lowest BCUT2D eigenvalue weighted by atomic mass is 9.93. The molecular weight excluding hydrogens is 312 g/mol. The van der Waals surface area contributed by atoms with Gasteiger partial charge in [-0.05, 0) is 30.9 Å². The van der Waals surface area contributed by atoms with Crippen LogP contribution in [0.3, 0.4) is 0 Å². The second kappa shape index (κ2) is 7.09. The van der Waals surface area contributed by atoms with E-state index in [2.05, 4.69) is 40.7 Å². The number of carbonyl (C=O) groups excluding carboxylic acids is 1. The minimum absolute atomic E-state index is 0.00379. The summed E-state index contributed by atoms with van der Waals surface area (Å²) in [5.74, 6) is 1.19. The first-order chi connectivity index (χ1) is 12.3. The third-order valence-electron chi connectivity index (χ3n) is 4.95. The number of nitrogens with zero attached hydrogens (tertiary/aromatic N) is 1. The Hall–Kier alpha value is -2.62. The Morgan fingerprint density at radius 3 is 3.00 bits per heavy atom. The van der Waals surface area contributed by atoms with E-state index in [-0.39, 0.29) is 17.9 Å². The molecule has 0 saturated heterocycles. The number of allylic oxidation sites excluding steroid dienone is 2. The second-order valence-corrected chi connectivity index (χ2v) is 6.71. The molecule has 2 atom stereocenters. The Kier molecular flexibility index (Phi) is 4.51. The molecule has 1 aromatic heterocycles. The summed E-state index contributed by atoms with van der Waals surface area (Å²) >= 11 is 0. The molecule has 4 rings (SSSR count). The Morgan fingerprint density at radius 1 is 1.24 bits per heavy atom. The van der Waals surface area contributed by atoms with E-state index in [1.165, 1.54) is 5.56 Å². The van der Waals surface area contributed by atoms with Crippen LogP contribution in [0.15, 0.2) is 54.9 Å². The average molecular weight is 334 g/mol. The van der Waals surface area contributed by atoms with Crippen molar-refractivity contribution < 1.29 is 9.53 Å². The molecular formula is C21H22N2O2. The smallest absolute Gasteiger partial charge is 0.223 e. The topological polar surface area (TPSA) is 51.2 Å². The maximum absolute atomic E-state index is 12.3. The zero-order valence-corrected chi connectivity index (χ0v) is 14.2. The van der Waals surface area contributed by atoms with E-state index < -0.39 is 0 Å². The van der Waals surface area contributed by atoms with Crippen molar-refractivity contribution in [3.05, 3.63) is 60.4 Å². The number of pyridine rings is 1. The lowest BCUT2D eigenvalue weighted by molar-refractivity contribution is -0.125. The largest absolute Gasteiger partial charge is 0.487 e. The first-order valence-electron chi connectivity index (χ1n) is 8.93. The molecule has 2 heterocycles. The summed E-state index contributed by atoms with van der Waals surface area (Å²) in [6.45, 7) is 0.556. The SMILES string of the molecule is O=C(NCC1Cc2cccc(-c3cccnc3)c2O1)C1CC=CCC1. The lowest BCUT2D eigenvalue weighted by Crippen LogP contribution is -2.38. The van der Waals surface area contributed by atoms with Gasteiger partial charge < -0.3 is 10.1 Å². The molecule has 2 aromatic rings. The van der Waals surface area contributed by atoms with E-state index in [1.807, 2.05) is 18.3 Å². The van der Waals surface area contributed by atoms with E-state index in [0.717, 1.165) is 42.6 Å². The number of aromatic nitrogens is 1. The number of para-hydroxylation sites is 1. The number of carbonyl (C=O) groups is 1. The van der Waals surface area contributed by atoms with Crippen LogP contribution in [0.2, 0.25) is 0 Å². The van der Waals surface area contributed by atoms with Crippen molar-refractivity contribution >= 4 is 5.91 Å². The average Bonchev–Trinajstić information content (AvgIpc) is 3.10. The van der Waals surface area contributed by atoms with Crippen LogP contribution in [-0.4, -0.2) is 23.5 Å². The Bertz CT molecular complexity index is 786. The van der Waals surface area contributed by atoms with Crippen LogP contribution in [0.4, 0.5) is 0 Å². The predicted octanol–water partition coefficient (Wildman–Crippen LogP) is 3.52. The highest BCUT2D eigenvalue weighted by atomic mass is 16.5. The van der Waals surface area contributed by atoms with Gasteiger partial charge in [0.15, 0.2) is 0 Å². The van der Waals surface area contributed by atoms with Crippen LogP contribution >= 0.6 is 0 Å². The van der Waals surface area contributed by atoms with Gasteiger partial charge in [0.05, 0.1) is 6.54 Å². The van der Waals surface area contributed by atoms with Crippen LogP contribution in [-0.2, 0) is 11.2 Å². The van der Waals surface area contributed by atoms with Crippen molar-refractivity contribution in [3.63, 3.8) is 0 Å². The van der Waals surface area contributed by atoms with Gasteiger partial charge in [-0.15, -0.1) is 0 Å². The van der Waals surface area contributed by atoms with Crippen LogP contribution in [0.5, 0.6) is 5.75 Å². The van der Waals surface area contributed by atoms with E-state index >= 15 is 0 Å². The fourth-order valence-corrected chi connectivity index (χ4v) is 3.59. The summed E-state index contributed by atoms with van der Waals surface area (Å²) in [7, 11) is 0. The molecule has 4 nitrogen and oxygen atoms in total. The second-order valence-electron chi connectivity index (χ2n) is 6.71. The highest BCUT2D eigenvalue weighted by Crippen LogP contribution is 2.38. The normalized spacial score (nSPS) is 21.4. The zero-order valence-electron chi connectivity index (χ0n) is 14.2. The molecule has 1 aliphatic heterocycles. The van der Waals surface area contributed by atoms with Crippen molar-refractivity contribution in [2.24, 2.45) is 5.92 Å². The highest BCUT2D eigenvalue weighted by molar-refractivity contribution is 5.79. The summed E-state index contributed by atoms with van der Waals surface area (Å²) in [6.07, 6.45) is 11.5. The molecule has 1 amide bonds. The van der Waals surface area contributed by atoms with Gasteiger partial charge in [0, 0.05) is 35.9 Å². The number of ether oxygens (including phenoxy) is 1. The molecule has 0 fully saturated rings. The summed E-state index contributed by atoms with van der Waals surface area (Å²) in [4.78, 5) is 16.5. The van der Waals surface area contributed by atoms with Crippen molar-refractivity contribution in [1.82, 2.24) is 10.3 Å². The standard InChI is InChI=1S/C21H22N2O2/c24-21(15-6-2-1-3-7-15)23-14-18-12-16-8-4-10-19(20(16)25-18)17-9-5-11-22-13-17/h1-2,4-5,8-11,13,15,18H,3,6-7,12,14H2,(H,23,24). The molecule has 1 aliphatic carbocycles. The Labute approximate surface area is 147 Å². The maximum Gasteiger partial charge on any atom is 0.223 e. The van der Waals surface area contributed by atoms with E-state index in [1.54, 1.807) is 6.20 Å². The summed E-state index contributed by atoms with van der Waals surface area (Å²) in [5.41, 5.74) is 3.32. The molecule has 25 heavy (non-hydrogen) atoms. The van der Waals surface area contributed by atoms with Crippen LogP contribution in [0.1, 0.15) is 24.8 Å². The van der Waals surface area contributed by atoms with Crippen molar-refractivity contribution in [2.75, 3.05) is 6.54 Å². The van der Waals surface area contributed by atoms with Gasteiger partial charge in [0.1, 0.15) is 11.9 Å². The number of rotatable bonds is 4. The van der Waals surface area contributed by atoms with E-state index in [4.69, 9.17) is 4.74 Å². The minimum atomic E-state index is -0.00379. The molecule has 2 aliphatic rings. The van der Waals surface area contributed by atoms with E-state index in [9.17, 15) is 4.79 Å². The van der Waals surface area contributed by atoms with Gasteiger partial charge in [-0.2, -0.15) is 0 Å². The fraction of sp³-hybridized carbons (Fsp3) is 0.333. The number of amides is 1. The van der Waals surface area contributed by atoms with Crippen molar-refractivity contribution in [2.45, 2.75) is 31.8 Å². The van der Waals surface area contributed by atoms with Crippen LogP contribution in [0, 0.1) is 5.92 Å². The number of hydrogen-bond donors (Lipinski definition) is 1. The number of benzene rings is 1.